The van der Waals surface area contributed by atoms with Gasteiger partial charge in [-0.05, 0) is 49.3 Å². The fourth-order valence-corrected chi connectivity index (χ4v) is 3.03. The van der Waals surface area contributed by atoms with E-state index < -0.39 is 18.3 Å². The van der Waals surface area contributed by atoms with Gasteiger partial charge >= 0.3 is 58.4 Å². The molecule has 0 amide bonds. The van der Waals surface area contributed by atoms with Gasteiger partial charge in [-0.25, -0.2) is 4.39 Å². The molecule has 1 saturated carbocycles. The Morgan fingerprint density at radius 1 is 1.05 bits per heavy atom. The summed E-state index contributed by atoms with van der Waals surface area (Å²) in [5, 5.41) is 0. The molecule has 0 spiro atoms. The molecular formula is C14H18BF4KO. The molecule has 1 aromatic rings. The van der Waals surface area contributed by atoms with Crippen LogP contribution in [0.4, 0.5) is 17.3 Å². The minimum Gasteiger partial charge on any atom is -0.493 e. The van der Waals surface area contributed by atoms with Gasteiger partial charge in [0, 0.05) is 0 Å². The molecule has 0 radical (unpaired) electrons. The summed E-state index contributed by atoms with van der Waals surface area (Å²) >= 11 is 0. The second-order valence-electron chi connectivity index (χ2n) is 5.91. The van der Waals surface area contributed by atoms with E-state index in [-0.39, 0.29) is 63.2 Å². The normalized spacial score (nSPS) is 26.1. The van der Waals surface area contributed by atoms with Gasteiger partial charge in [-0.2, -0.15) is 0 Å². The molecule has 2 atom stereocenters. The first-order valence-corrected chi connectivity index (χ1v) is 6.91. The van der Waals surface area contributed by atoms with Crippen LogP contribution in [0.25, 0.3) is 0 Å². The Balaban J connectivity index is 0.00000220. The number of hydrogen-bond donors (Lipinski definition) is 0. The molecule has 1 fully saturated rings. The summed E-state index contributed by atoms with van der Waals surface area (Å²) in [6.07, 6.45) is 2.33. The molecule has 1 aliphatic carbocycles. The third-order valence-corrected chi connectivity index (χ3v) is 3.75. The summed E-state index contributed by atoms with van der Waals surface area (Å²) in [5.74, 6) is -0.268. The topological polar surface area (TPSA) is 9.23 Å². The van der Waals surface area contributed by atoms with E-state index in [1.54, 1.807) is 0 Å². The van der Waals surface area contributed by atoms with E-state index in [4.69, 9.17) is 4.74 Å². The van der Waals surface area contributed by atoms with Gasteiger partial charge in [0.15, 0.2) is 0 Å². The molecule has 2 rings (SSSR count). The van der Waals surface area contributed by atoms with Gasteiger partial charge in [-0.15, -0.1) is 0 Å². The van der Waals surface area contributed by atoms with Crippen LogP contribution in [0.1, 0.15) is 33.1 Å². The van der Waals surface area contributed by atoms with Crippen molar-refractivity contribution in [1.82, 2.24) is 0 Å². The minimum atomic E-state index is -5.28. The standard InChI is InChI=1S/C14H18BF4O.K/c1-9-5-10(2)7-12(6-9)20-14-4-3-11(16)8-13(14)15(17,18)19;/h3-4,8-10,12H,5-7H2,1-2H3;/q-1;+1. The smallest absolute Gasteiger partial charge is 0.493 e. The van der Waals surface area contributed by atoms with E-state index in [1.165, 1.54) is 0 Å². The summed E-state index contributed by atoms with van der Waals surface area (Å²) < 4.78 is 57.4. The Kier molecular flexibility index (Phi) is 7.25. The number of benzene rings is 1. The van der Waals surface area contributed by atoms with Crippen LogP contribution < -0.4 is 61.6 Å². The van der Waals surface area contributed by atoms with Gasteiger partial charge in [-0.1, -0.05) is 19.3 Å². The summed E-state index contributed by atoms with van der Waals surface area (Å²) in [6.45, 7) is -1.13. The maximum Gasteiger partial charge on any atom is 1.00 e. The van der Waals surface area contributed by atoms with E-state index in [9.17, 15) is 17.3 Å². The average molecular weight is 328 g/mol. The summed E-state index contributed by atoms with van der Waals surface area (Å²) in [5.41, 5.74) is -0.976. The van der Waals surface area contributed by atoms with Crippen molar-refractivity contribution in [1.29, 1.82) is 0 Å². The van der Waals surface area contributed by atoms with Crippen molar-refractivity contribution >= 4 is 12.4 Å². The number of ether oxygens (including phenoxy) is 1. The van der Waals surface area contributed by atoms with Crippen LogP contribution in [0, 0.1) is 17.7 Å². The fraction of sp³-hybridized carbons (Fsp3) is 0.571. The van der Waals surface area contributed by atoms with Crippen molar-refractivity contribution in [3.8, 4) is 5.75 Å². The molecular weight excluding hydrogens is 310 g/mol. The molecule has 21 heavy (non-hydrogen) atoms. The van der Waals surface area contributed by atoms with E-state index in [0.717, 1.165) is 31.4 Å². The van der Waals surface area contributed by atoms with Crippen molar-refractivity contribution in [3.63, 3.8) is 0 Å². The van der Waals surface area contributed by atoms with Crippen LogP contribution >= 0.6 is 0 Å². The SMILES string of the molecule is CC1CC(C)CC(Oc2ccc(F)cc2[B-](F)(F)F)C1.[K+]. The van der Waals surface area contributed by atoms with Crippen LogP contribution in [0.15, 0.2) is 18.2 Å². The monoisotopic (exact) mass is 328 g/mol. The average Bonchev–Trinajstić information content (AvgIpc) is 2.28. The van der Waals surface area contributed by atoms with E-state index >= 15 is 0 Å². The molecule has 1 nitrogen and oxygen atoms in total. The fourth-order valence-electron chi connectivity index (χ4n) is 3.03. The van der Waals surface area contributed by atoms with Gasteiger partial charge in [0.1, 0.15) is 5.82 Å². The Morgan fingerprint density at radius 3 is 2.14 bits per heavy atom. The molecule has 1 aliphatic rings. The van der Waals surface area contributed by atoms with Gasteiger partial charge in [-0.3, -0.25) is 0 Å². The second kappa shape index (κ2) is 7.82. The van der Waals surface area contributed by atoms with Crippen molar-refractivity contribution in [2.24, 2.45) is 11.8 Å². The Hall–Kier alpha value is 0.441. The maximum absolute atomic E-state index is 13.0. The Bertz CT molecular complexity index is 471. The zero-order chi connectivity index (χ0) is 14.9. The molecule has 1 aromatic carbocycles. The van der Waals surface area contributed by atoms with Gasteiger partial charge in [0.2, 0.25) is 0 Å². The summed E-state index contributed by atoms with van der Waals surface area (Å²) in [7, 11) is 0. The Morgan fingerprint density at radius 2 is 1.62 bits per heavy atom. The first-order valence-electron chi connectivity index (χ1n) is 6.91. The van der Waals surface area contributed by atoms with Crippen LogP contribution in [0.5, 0.6) is 5.75 Å². The number of rotatable bonds is 3. The molecule has 0 saturated heterocycles. The van der Waals surface area contributed by atoms with Crippen LogP contribution in [0.2, 0.25) is 0 Å². The number of halogens is 4. The van der Waals surface area contributed by atoms with E-state index in [2.05, 4.69) is 13.8 Å². The van der Waals surface area contributed by atoms with Crippen molar-refractivity contribution in [3.05, 3.63) is 24.0 Å². The van der Waals surface area contributed by atoms with Crippen molar-refractivity contribution in [2.75, 3.05) is 0 Å². The quantitative estimate of drug-likeness (QED) is 0.596. The molecule has 0 N–H and O–H groups in total. The second-order valence-corrected chi connectivity index (χ2v) is 5.91. The third kappa shape index (κ3) is 5.53. The molecule has 7 heteroatoms. The zero-order valence-corrected chi connectivity index (χ0v) is 15.7. The molecule has 0 aromatic heterocycles. The first kappa shape index (κ1) is 19.5. The van der Waals surface area contributed by atoms with Gasteiger partial charge in [0.25, 0.3) is 0 Å². The first-order chi connectivity index (χ1) is 9.25. The Labute approximate surface area is 165 Å². The minimum absolute atomic E-state index is 0. The van der Waals surface area contributed by atoms with Crippen molar-refractivity contribution in [2.45, 2.75) is 39.2 Å². The van der Waals surface area contributed by atoms with Crippen LogP contribution in [0.3, 0.4) is 0 Å². The molecule has 0 bridgehead atoms. The molecule has 112 valence electrons. The molecule has 2 unspecified atom stereocenters. The predicted molar refractivity (Wildman–Crippen MR) is 71.7 cm³/mol. The van der Waals surface area contributed by atoms with Crippen LogP contribution in [-0.4, -0.2) is 13.1 Å². The molecule has 0 aliphatic heterocycles. The van der Waals surface area contributed by atoms with E-state index in [1.807, 2.05) is 0 Å². The maximum atomic E-state index is 13.0. The summed E-state index contributed by atoms with van der Waals surface area (Å²) in [4.78, 5) is 0. The van der Waals surface area contributed by atoms with Gasteiger partial charge in [0.05, 0.1) is 11.9 Å². The van der Waals surface area contributed by atoms with Crippen molar-refractivity contribution < 1.29 is 73.5 Å². The third-order valence-electron chi connectivity index (χ3n) is 3.75. The zero-order valence-electron chi connectivity index (χ0n) is 12.6. The van der Waals surface area contributed by atoms with Crippen LogP contribution in [-0.2, 0) is 0 Å². The largest absolute Gasteiger partial charge is 1.00 e. The summed E-state index contributed by atoms with van der Waals surface area (Å²) in [6, 6.07) is 2.62. The predicted octanol–water partition coefficient (Wildman–Crippen LogP) is 1.09. The number of hydrogen-bond acceptors (Lipinski definition) is 1. The van der Waals surface area contributed by atoms with E-state index in [0.29, 0.717) is 17.9 Å². The molecule has 0 heterocycles. The van der Waals surface area contributed by atoms with Gasteiger partial charge < -0.3 is 17.7 Å².